The zero-order valence-electron chi connectivity index (χ0n) is 12.5. The van der Waals surface area contributed by atoms with Crippen molar-refractivity contribution < 1.29 is 18.7 Å². The molecule has 2 rings (SSSR count). The van der Waals surface area contributed by atoms with E-state index in [9.17, 15) is 9.59 Å². The molecule has 0 aliphatic carbocycles. The van der Waals surface area contributed by atoms with E-state index in [1.165, 1.54) is 12.3 Å². The Kier molecular flexibility index (Phi) is 5.77. The number of furan rings is 1. The Hall–Kier alpha value is -2.56. The van der Waals surface area contributed by atoms with Gasteiger partial charge >= 0.3 is 5.97 Å². The van der Waals surface area contributed by atoms with Crippen LogP contribution in [0.3, 0.4) is 0 Å². The SMILES string of the molecule is CC[C@@H](OC(=O)c1ccco1)C(=O)NCCc1ccccc1. The molecule has 0 aliphatic rings. The molecule has 1 aromatic heterocycles. The number of carbonyl (C=O) groups is 2. The average molecular weight is 301 g/mol. The van der Waals surface area contributed by atoms with E-state index in [-0.39, 0.29) is 11.7 Å². The van der Waals surface area contributed by atoms with Gasteiger partial charge in [0.05, 0.1) is 6.26 Å². The molecule has 1 aromatic carbocycles. The summed E-state index contributed by atoms with van der Waals surface area (Å²) in [4.78, 5) is 23.8. The maximum Gasteiger partial charge on any atom is 0.374 e. The number of hydrogen-bond acceptors (Lipinski definition) is 4. The number of nitrogens with one attached hydrogen (secondary N) is 1. The summed E-state index contributed by atoms with van der Waals surface area (Å²) in [5.74, 6) is -0.830. The van der Waals surface area contributed by atoms with Gasteiger partial charge in [-0.05, 0) is 30.5 Å². The van der Waals surface area contributed by atoms with E-state index in [0.717, 1.165) is 12.0 Å². The van der Waals surface area contributed by atoms with Crippen LogP contribution in [-0.2, 0) is 16.0 Å². The van der Waals surface area contributed by atoms with E-state index in [1.807, 2.05) is 30.3 Å². The van der Waals surface area contributed by atoms with Gasteiger partial charge in [-0.15, -0.1) is 0 Å². The lowest BCUT2D eigenvalue weighted by molar-refractivity contribution is -0.130. The normalized spacial score (nSPS) is 11.7. The third kappa shape index (κ3) is 4.48. The molecule has 0 aliphatic heterocycles. The van der Waals surface area contributed by atoms with E-state index >= 15 is 0 Å². The van der Waals surface area contributed by atoms with E-state index in [0.29, 0.717) is 13.0 Å². The zero-order chi connectivity index (χ0) is 15.8. The molecule has 0 spiro atoms. The Balaban J connectivity index is 1.80. The van der Waals surface area contributed by atoms with E-state index in [4.69, 9.17) is 9.15 Å². The summed E-state index contributed by atoms with van der Waals surface area (Å²) in [6, 6.07) is 13.0. The second-order valence-corrected chi connectivity index (χ2v) is 4.81. The zero-order valence-corrected chi connectivity index (χ0v) is 12.5. The summed E-state index contributed by atoms with van der Waals surface area (Å²) in [6.07, 6.45) is 1.71. The highest BCUT2D eigenvalue weighted by atomic mass is 16.6. The molecular weight excluding hydrogens is 282 g/mol. The van der Waals surface area contributed by atoms with Crippen LogP contribution in [0.2, 0.25) is 0 Å². The number of amides is 1. The lowest BCUT2D eigenvalue weighted by Gasteiger charge is -2.15. The topological polar surface area (TPSA) is 68.5 Å². The predicted molar refractivity (Wildman–Crippen MR) is 81.4 cm³/mol. The highest BCUT2D eigenvalue weighted by Crippen LogP contribution is 2.07. The highest BCUT2D eigenvalue weighted by Gasteiger charge is 2.22. The first kappa shape index (κ1) is 15.8. The molecule has 0 fully saturated rings. The number of ether oxygens (including phenoxy) is 1. The molecule has 1 heterocycles. The molecule has 1 atom stereocenters. The van der Waals surface area contributed by atoms with Gasteiger partial charge in [0.15, 0.2) is 6.10 Å². The first-order valence-corrected chi connectivity index (χ1v) is 7.27. The molecule has 0 radical (unpaired) electrons. The number of esters is 1. The fourth-order valence-corrected chi connectivity index (χ4v) is 1.99. The minimum absolute atomic E-state index is 0.0931. The van der Waals surface area contributed by atoms with Crippen LogP contribution < -0.4 is 5.32 Å². The largest absolute Gasteiger partial charge is 0.457 e. The van der Waals surface area contributed by atoms with Gasteiger partial charge in [0.1, 0.15) is 0 Å². The fourth-order valence-electron chi connectivity index (χ4n) is 1.99. The minimum atomic E-state index is -0.812. The molecule has 1 N–H and O–H groups in total. The summed E-state index contributed by atoms with van der Waals surface area (Å²) in [5, 5.41) is 2.79. The Morgan fingerprint density at radius 2 is 1.95 bits per heavy atom. The summed E-state index contributed by atoms with van der Waals surface area (Å²) in [6.45, 7) is 2.29. The Morgan fingerprint density at radius 1 is 1.18 bits per heavy atom. The summed E-state index contributed by atoms with van der Waals surface area (Å²) in [7, 11) is 0. The van der Waals surface area contributed by atoms with Gasteiger partial charge in [0, 0.05) is 6.54 Å². The van der Waals surface area contributed by atoms with Crippen LogP contribution in [0.25, 0.3) is 0 Å². The van der Waals surface area contributed by atoms with Gasteiger partial charge in [-0.25, -0.2) is 4.79 Å². The van der Waals surface area contributed by atoms with Crippen molar-refractivity contribution in [3.8, 4) is 0 Å². The number of rotatable bonds is 7. The first-order valence-electron chi connectivity index (χ1n) is 7.27. The van der Waals surface area contributed by atoms with E-state index < -0.39 is 12.1 Å². The van der Waals surface area contributed by atoms with Crippen molar-refractivity contribution in [3.05, 3.63) is 60.1 Å². The predicted octanol–water partition coefficient (Wildman–Crippen LogP) is 2.57. The Labute approximate surface area is 129 Å². The van der Waals surface area contributed by atoms with Crippen LogP contribution in [-0.4, -0.2) is 24.5 Å². The van der Waals surface area contributed by atoms with Gasteiger partial charge in [-0.2, -0.15) is 0 Å². The molecule has 5 heteroatoms. The molecule has 2 aromatic rings. The van der Waals surface area contributed by atoms with Crippen molar-refractivity contribution in [1.29, 1.82) is 0 Å². The molecule has 22 heavy (non-hydrogen) atoms. The summed E-state index contributed by atoms with van der Waals surface area (Å²) in [5.41, 5.74) is 1.14. The van der Waals surface area contributed by atoms with Gasteiger partial charge in [0.25, 0.3) is 5.91 Å². The standard InChI is InChI=1S/C17H19NO4/c1-2-14(22-17(20)15-9-6-12-21-15)16(19)18-11-10-13-7-4-3-5-8-13/h3-9,12,14H,2,10-11H2,1H3,(H,18,19)/t14-/m1/s1. The second-order valence-electron chi connectivity index (χ2n) is 4.81. The lowest BCUT2D eigenvalue weighted by atomic mass is 10.1. The van der Waals surface area contributed by atoms with Crippen molar-refractivity contribution in [2.75, 3.05) is 6.54 Å². The molecular formula is C17H19NO4. The Bertz CT molecular complexity index is 592. The maximum atomic E-state index is 12.1. The molecule has 1 amide bonds. The van der Waals surface area contributed by atoms with Crippen LogP contribution in [0.15, 0.2) is 53.1 Å². The van der Waals surface area contributed by atoms with Gasteiger partial charge in [0.2, 0.25) is 5.76 Å². The van der Waals surface area contributed by atoms with Crippen LogP contribution in [0.5, 0.6) is 0 Å². The van der Waals surface area contributed by atoms with E-state index in [2.05, 4.69) is 5.32 Å². The second kappa shape index (κ2) is 8.02. The molecule has 0 unspecified atom stereocenters. The molecule has 0 bridgehead atoms. The molecule has 0 saturated carbocycles. The smallest absolute Gasteiger partial charge is 0.374 e. The molecule has 0 saturated heterocycles. The van der Waals surface area contributed by atoms with Crippen LogP contribution in [0, 0.1) is 0 Å². The van der Waals surface area contributed by atoms with Crippen molar-refractivity contribution in [1.82, 2.24) is 5.32 Å². The molecule has 116 valence electrons. The third-order valence-corrected chi connectivity index (χ3v) is 3.19. The number of carbonyl (C=O) groups excluding carboxylic acids is 2. The summed E-state index contributed by atoms with van der Waals surface area (Å²) >= 11 is 0. The van der Waals surface area contributed by atoms with Crippen molar-refractivity contribution in [3.63, 3.8) is 0 Å². The summed E-state index contributed by atoms with van der Waals surface area (Å²) < 4.78 is 10.1. The number of benzene rings is 1. The first-order chi connectivity index (χ1) is 10.7. The van der Waals surface area contributed by atoms with Crippen LogP contribution in [0.1, 0.15) is 29.5 Å². The van der Waals surface area contributed by atoms with Crippen molar-refractivity contribution in [2.45, 2.75) is 25.9 Å². The maximum absolute atomic E-state index is 12.1. The fraction of sp³-hybridized carbons (Fsp3) is 0.294. The Morgan fingerprint density at radius 3 is 2.59 bits per heavy atom. The van der Waals surface area contributed by atoms with E-state index in [1.54, 1.807) is 13.0 Å². The average Bonchev–Trinajstić information content (AvgIpc) is 3.08. The van der Waals surface area contributed by atoms with Gasteiger partial charge in [-0.3, -0.25) is 4.79 Å². The lowest BCUT2D eigenvalue weighted by Crippen LogP contribution is -2.38. The third-order valence-electron chi connectivity index (χ3n) is 3.19. The van der Waals surface area contributed by atoms with Gasteiger partial charge < -0.3 is 14.5 Å². The van der Waals surface area contributed by atoms with Crippen LogP contribution >= 0.6 is 0 Å². The minimum Gasteiger partial charge on any atom is -0.457 e. The van der Waals surface area contributed by atoms with Crippen LogP contribution in [0.4, 0.5) is 0 Å². The monoisotopic (exact) mass is 301 g/mol. The molecule has 5 nitrogen and oxygen atoms in total. The quantitative estimate of drug-likeness (QED) is 0.798. The highest BCUT2D eigenvalue weighted by molar-refractivity contribution is 5.90. The van der Waals surface area contributed by atoms with Crippen molar-refractivity contribution in [2.24, 2.45) is 0 Å². The van der Waals surface area contributed by atoms with Crippen molar-refractivity contribution >= 4 is 11.9 Å². The number of hydrogen-bond donors (Lipinski definition) is 1. The van der Waals surface area contributed by atoms with Gasteiger partial charge in [-0.1, -0.05) is 37.3 Å².